The molecule has 1 aromatic carbocycles. The van der Waals surface area contributed by atoms with Crippen molar-refractivity contribution in [3.63, 3.8) is 0 Å². The number of ether oxygens (including phenoxy) is 1. The van der Waals surface area contributed by atoms with Crippen LogP contribution in [0, 0.1) is 23.7 Å². The number of carbonyl (C=O) groups is 1. The number of methoxy groups -OCH3 is 1. The maximum atomic E-state index is 15.5. The molecule has 1 aliphatic rings. The van der Waals surface area contributed by atoms with Crippen LogP contribution in [-0.4, -0.2) is 57.9 Å². The van der Waals surface area contributed by atoms with Crippen molar-refractivity contribution in [2.24, 2.45) is 11.8 Å². The number of aliphatic carboxylic acids is 1. The van der Waals surface area contributed by atoms with Crippen LogP contribution < -0.4 is 4.74 Å². The number of hydrogen-bond acceptors (Lipinski definition) is 6. The van der Waals surface area contributed by atoms with E-state index in [4.69, 9.17) is 4.74 Å². The molecule has 3 heterocycles. The Kier molecular flexibility index (Phi) is 8.80. The summed E-state index contributed by atoms with van der Waals surface area (Å²) in [7, 11) is 1.59. The summed E-state index contributed by atoms with van der Waals surface area (Å²) in [6.07, 6.45) is 4.82. The van der Waals surface area contributed by atoms with Crippen molar-refractivity contribution in [3.05, 3.63) is 60.0 Å². The number of rotatable bonds is 9. The van der Waals surface area contributed by atoms with Gasteiger partial charge in [-0.15, -0.1) is 5.10 Å². The maximum Gasteiger partial charge on any atom is 0.303 e. The summed E-state index contributed by atoms with van der Waals surface area (Å²) >= 11 is 0. The molecule has 0 amide bonds. The minimum atomic E-state index is -1.13. The Morgan fingerprint density at radius 2 is 2.14 bits per heavy atom. The van der Waals surface area contributed by atoms with E-state index in [2.05, 4.69) is 31.9 Å². The standard InChI is InChI=1S/C28H31FN4O3/c1-36-23-8-10-27-25(18-23)24(12-15-30-27)26(29)9-6-20-13-17-33(19-21(20)7-11-28(34)35)16-3-5-22-4-2-14-31-32-22/h2,4,8,10,12,14-15,18,20-21,26H,6-7,9,11,13,16-17,19H2,1H3,(H,34,35)/t20-,21+,26?/m1/s1. The zero-order chi connectivity index (χ0) is 25.3. The molecule has 1 fully saturated rings. The van der Waals surface area contributed by atoms with Crippen LogP contribution in [0.5, 0.6) is 5.75 Å². The molecule has 0 bridgehead atoms. The van der Waals surface area contributed by atoms with Gasteiger partial charge >= 0.3 is 5.97 Å². The second kappa shape index (κ2) is 12.4. The molecule has 1 N–H and O–H groups in total. The molecule has 0 aliphatic carbocycles. The Bertz CT molecular complexity index is 1230. The Balaban J connectivity index is 1.39. The fourth-order valence-corrected chi connectivity index (χ4v) is 4.99. The number of likely N-dealkylation sites (tertiary alicyclic amines) is 1. The van der Waals surface area contributed by atoms with Crippen LogP contribution in [0.2, 0.25) is 0 Å². The number of pyridine rings is 1. The molecular formula is C28H31FN4O3. The highest BCUT2D eigenvalue weighted by molar-refractivity contribution is 5.83. The molecular weight excluding hydrogens is 459 g/mol. The van der Waals surface area contributed by atoms with E-state index in [1.165, 1.54) is 0 Å². The van der Waals surface area contributed by atoms with Crippen LogP contribution in [0.15, 0.2) is 48.8 Å². The van der Waals surface area contributed by atoms with E-state index in [1.807, 2.05) is 24.3 Å². The molecule has 36 heavy (non-hydrogen) atoms. The molecule has 3 atom stereocenters. The lowest BCUT2D eigenvalue weighted by molar-refractivity contribution is -0.137. The summed E-state index contributed by atoms with van der Waals surface area (Å²) in [5.41, 5.74) is 1.99. The highest BCUT2D eigenvalue weighted by Gasteiger charge is 2.30. The fourth-order valence-electron chi connectivity index (χ4n) is 4.99. The molecule has 8 heteroatoms. The van der Waals surface area contributed by atoms with Gasteiger partial charge in [-0.3, -0.25) is 14.7 Å². The van der Waals surface area contributed by atoms with E-state index >= 15 is 4.39 Å². The van der Waals surface area contributed by atoms with Crippen molar-refractivity contribution >= 4 is 16.9 Å². The predicted molar refractivity (Wildman–Crippen MR) is 135 cm³/mol. The summed E-state index contributed by atoms with van der Waals surface area (Å²) in [6.45, 7) is 2.21. The molecule has 4 rings (SSSR count). The smallest absolute Gasteiger partial charge is 0.303 e. The molecule has 1 unspecified atom stereocenters. The lowest BCUT2D eigenvalue weighted by Crippen LogP contribution is -2.41. The lowest BCUT2D eigenvalue weighted by atomic mass is 9.79. The third-order valence-electron chi connectivity index (χ3n) is 6.91. The molecule has 188 valence electrons. The SMILES string of the molecule is COc1ccc2nccc(C(F)CC[C@@H]3CCN(CC#Cc4cccnn4)C[C@@H]3CCC(=O)O)c2c1. The number of hydrogen-bond donors (Lipinski definition) is 1. The monoisotopic (exact) mass is 490 g/mol. The summed E-state index contributed by atoms with van der Waals surface area (Å²) in [6, 6.07) is 10.9. The third-order valence-corrected chi connectivity index (χ3v) is 6.91. The molecule has 1 saturated heterocycles. The zero-order valence-corrected chi connectivity index (χ0v) is 20.4. The van der Waals surface area contributed by atoms with Crippen molar-refractivity contribution < 1.29 is 19.0 Å². The van der Waals surface area contributed by atoms with Crippen LogP contribution in [0.25, 0.3) is 10.9 Å². The zero-order valence-electron chi connectivity index (χ0n) is 20.4. The topological polar surface area (TPSA) is 88.4 Å². The largest absolute Gasteiger partial charge is 0.497 e. The fraction of sp³-hybridized carbons (Fsp3) is 0.429. The molecule has 3 aromatic rings. The number of aromatic nitrogens is 3. The summed E-state index contributed by atoms with van der Waals surface area (Å²) < 4.78 is 20.8. The molecule has 0 spiro atoms. The number of carboxylic acid groups (broad SMARTS) is 1. The van der Waals surface area contributed by atoms with Gasteiger partial charge in [0.15, 0.2) is 0 Å². The lowest BCUT2D eigenvalue weighted by Gasteiger charge is -2.38. The highest BCUT2D eigenvalue weighted by Crippen LogP contribution is 2.36. The molecule has 1 aliphatic heterocycles. The van der Waals surface area contributed by atoms with E-state index in [9.17, 15) is 9.90 Å². The van der Waals surface area contributed by atoms with Gasteiger partial charge < -0.3 is 9.84 Å². The number of alkyl halides is 1. The van der Waals surface area contributed by atoms with Crippen LogP contribution in [-0.2, 0) is 4.79 Å². The second-order valence-electron chi connectivity index (χ2n) is 9.22. The summed E-state index contributed by atoms with van der Waals surface area (Å²) in [5, 5.41) is 17.8. The van der Waals surface area contributed by atoms with Crippen LogP contribution >= 0.6 is 0 Å². The van der Waals surface area contributed by atoms with Gasteiger partial charge in [0.1, 0.15) is 17.6 Å². The van der Waals surface area contributed by atoms with Gasteiger partial charge in [-0.1, -0.05) is 5.92 Å². The quantitative estimate of drug-likeness (QED) is 0.436. The average Bonchev–Trinajstić information content (AvgIpc) is 2.91. The normalized spacial score (nSPS) is 18.8. The Labute approximate surface area is 210 Å². The van der Waals surface area contributed by atoms with Crippen LogP contribution in [0.4, 0.5) is 4.39 Å². The number of benzene rings is 1. The first kappa shape index (κ1) is 25.5. The van der Waals surface area contributed by atoms with Crippen molar-refractivity contribution in [1.82, 2.24) is 20.1 Å². The van der Waals surface area contributed by atoms with Crippen molar-refractivity contribution in [1.29, 1.82) is 0 Å². The first-order valence-electron chi connectivity index (χ1n) is 12.3. The second-order valence-corrected chi connectivity index (χ2v) is 9.22. The van der Waals surface area contributed by atoms with Gasteiger partial charge in [-0.25, -0.2) is 4.39 Å². The number of carboxylic acids is 1. The molecule has 7 nitrogen and oxygen atoms in total. The number of nitrogens with zero attached hydrogens (tertiary/aromatic N) is 4. The van der Waals surface area contributed by atoms with Gasteiger partial charge in [-0.05, 0) is 91.9 Å². The number of halogens is 1. The van der Waals surface area contributed by atoms with E-state index < -0.39 is 12.1 Å². The van der Waals surface area contributed by atoms with Crippen molar-refractivity contribution in [3.8, 4) is 17.6 Å². The third kappa shape index (κ3) is 6.76. The molecule has 0 saturated carbocycles. The molecule has 2 aromatic heterocycles. The van der Waals surface area contributed by atoms with Gasteiger partial charge in [0.2, 0.25) is 0 Å². The first-order chi connectivity index (χ1) is 17.5. The van der Waals surface area contributed by atoms with Gasteiger partial charge in [0.25, 0.3) is 0 Å². The highest BCUT2D eigenvalue weighted by atomic mass is 19.1. The molecule has 0 radical (unpaired) electrons. The van der Waals surface area contributed by atoms with Gasteiger partial charge in [0, 0.05) is 30.7 Å². The van der Waals surface area contributed by atoms with Crippen molar-refractivity contribution in [2.75, 3.05) is 26.7 Å². The van der Waals surface area contributed by atoms with Crippen molar-refractivity contribution in [2.45, 2.75) is 38.3 Å². The average molecular weight is 491 g/mol. The Hall–Kier alpha value is -3.57. The maximum absolute atomic E-state index is 15.5. The van der Waals surface area contributed by atoms with Gasteiger partial charge in [-0.2, -0.15) is 5.10 Å². The Morgan fingerprint density at radius 3 is 2.92 bits per heavy atom. The minimum absolute atomic E-state index is 0.119. The van der Waals surface area contributed by atoms with E-state index in [0.29, 0.717) is 42.8 Å². The Morgan fingerprint density at radius 1 is 1.25 bits per heavy atom. The number of piperidine rings is 1. The predicted octanol–water partition coefficient (Wildman–Crippen LogP) is 4.68. The van der Waals surface area contributed by atoms with E-state index in [1.54, 1.807) is 31.6 Å². The number of fused-ring (bicyclic) bond motifs is 1. The summed E-state index contributed by atoms with van der Waals surface area (Å²) in [4.78, 5) is 17.9. The summed E-state index contributed by atoms with van der Waals surface area (Å²) in [5.74, 6) is 6.52. The first-order valence-corrected chi connectivity index (χ1v) is 12.3. The van der Waals surface area contributed by atoms with E-state index in [0.717, 1.165) is 30.4 Å². The van der Waals surface area contributed by atoms with Gasteiger partial charge in [0.05, 0.1) is 19.2 Å². The minimum Gasteiger partial charge on any atom is -0.497 e. The van der Waals surface area contributed by atoms with Crippen LogP contribution in [0.1, 0.15) is 49.5 Å². The van der Waals surface area contributed by atoms with Crippen LogP contribution in [0.3, 0.4) is 0 Å². The van der Waals surface area contributed by atoms with E-state index in [-0.39, 0.29) is 18.3 Å².